The van der Waals surface area contributed by atoms with Crippen LogP contribution in [0.4, 0.5) is 0 Å². The van der Waals surface area contributed by atoms with Crippen LogP contribution in [0, 0.1) is 0 Å². The molecule has 14 N–H and O–H groups in total. The third kappa shape index (κ3) is 10.9. The van der Waals surface area contributed by atoms with Crippen LogP contribution in [0.15, 0.2) is 60.4 Å². The molecule has 4 rings (SSSR count). The second-order valence-corrected chi connectivity index (χ2v) is 12.4. The summed E-state index contributed by atoms with van der Waals surface area (Å²) in [5.74, 6) is -4.44. The van der Waals surface area contributed by atoms with Crippen molar-refractivity contribution in [2.24, 2.45) is 0 Å². The molecular formula is C36H42O19. The van der Waals surface area contributed by atoms with E-state index >= 15 is 0 Å². The maximum atomic E-state index is 12.1. The van der Waals surface area contributed by atoms with Crippen molar-refractivity contribution in [3.8, 4) is 40.2 Å². The number of fused-ring (bicyclic) bond motifs is 1. The third-order valence-electron chi connectivity index (χ3n) is 8.29. The number of benzene rings is 3. The predicted molar refractivity (Wildman–Crippen MR) is 185 cm³/mol. The molecule has 3 aromatic rings. The highest BCUT2D eigenvalue weighted by molar-refractivity contribution is 5.87. The molecule has 0 unspecified atom stereocenters. The lowest BCUT2D eigenvalue weighted by Gasteiger charge is -2.29. The van der Waals surface area contributed by atoms with Crippen molar-refractivity contribution in [1.82, 2.24) is 0 Å². The number of aliphatic hydroxyl groups excluding tert-OH is 9. The van der Waals surface area contributed by atoms with Crippen molar-refractivity contribution >= 4 is 17.8 Å². The summed E-state index contributed by atoms with van der Waals surface area (Å²) >= 11 is 0. The quantitative estimate of drug-likeness (QED) is 0.0379. The van der Waals surface area contributed by atoms with Crippen molar-refractivity contribution in [3.63, 3.8) is 0 Å². The lowest BCUT2D eigenvalue weighted by Crippen LogP contribution is -2.47. The number of aliphatic hydroxyl groups is 9. The van der Waals surface area contributed by atoms with Crippen LogP contribution in [0.3, 0.4) is 0 Å². The fourth-order valence-electron chi connectivity index (χ4n) is 5.12. The Morgan fingerprint density at radius 3 is 1.82 bits per heavy atom. The number of phenols is 5. The average Bonchev–Trinajstić information content (AvgIpc) is 3.17. The van der Waals surface area contributed by atoms with Gasteiger partial charge in [0.05, 0.1) is 6.61 Å². The van der Waals surface area contributed by atoms with Crippen molar-refractivity contribution < 1.29 is 95.2 Å². The highest BCUT2D eigenvalue weighted by Crippen LogP contribution is 2.45. The van der Waals surface area contributed by atoms with Crippen molar-refractivity contribution in [2.75, 3.05) is 26.4 Å². The first-order valence-corrected chi connectivity index (χ1v) is 16.5. The zero-order chi connectivity index (χ0) is 40.6. The van der Waals surface area contributed by atoms with Crippen LogP contribution in [-0.2, 0) is 20.7 Å². The van der Waals surface area contributed by atoms with E-state index < -0.39 is 104 Å². The number of aromatic hydroxyl groups is 5. The van der Waals surface area contributed by atoms with Crippen LogP contribution in [0.25, 0.3) is 11.8 Å². The van der Waals surface area contributed by atoms with Crippen molar-refractivity contribution in [2.45, 2.75) is 55.3 Å². The standard InChI is InChI=1S/C36H42O19/c37-12-23(42)32(48)33(49)24(43)13-52-27-9-19(39)10-28-20(27)11-29(36(55-28)17-7-21(40)31(47)22(41)8-17)53-14-25(44)34(50)35(51)26(45)15-54-30(46)6-3-16-1-4-18(38)5-2-16/h1-10,23-26,32-35,37-45,47-51H,11-15H2/t23-,24+,25+,26-,32-,33-,34-,35-/m1/s1. The Labute approximate surface area is 311 Å². The number of carbonyl (C=O) groups excluding carboxylic acids is 1. The molecule has 19 nitrogen and oxygen atoms in total. The highest BCUT2D eigenvalue weighted by Gasteiger charge is 2.34. The Morgan fingerprint density at radius 2 is 1.24 bits per heavy atom. The van der Waals surface area contributed by atoms with Crippen LogP contribution < -0.4 is 9.47 Å². The molecule has 0 amide bonds. The summed E-state index contributed by atoms with van der Waals surface area (Å²) in [5, 5.41) is 141. The number of allylic oxidation sites excluding steroid dienone is 1. The second kappa shape index (κ2) is 18.8. The Bertz CT molecular complexity index is 1800. The van der Waals surface area contributed by atoms with E-state index in [1.54, 1.807) is 0 Å². The molecule has 3 aromatic carbocycles. The molecule has 0 fully saturated rings. The summed E-state index contributed by atoms with van der Waals surface area (Å²) in [7, 11) is 0. The van der Waals surface area contributed by atoms with Gasteiger partial charge in [0.2, 0.25) is 0 Å². The molecule has 300 valence electrons. The summed E-state index contributed by atoms with van der Waals surface area (Å²) in [5.41, 5.74) is 0.570. The van der Waals surface area contributed by atoms with E-state index in [1.807, 2.05) is 0 Å². The molecule has 1 heterocycles. The molecule has 0 aromatic heterocycles. The molecule has 0 bridgehead atoms. The van der Waals surface area contributed by atoms with E-state index in [-0.39, 0.29) is 46.3 Å². The van der Waals surface area contributed by atoms with Crippen molar-refractivity contribution in [3.05, 3.63) is 77.1 Å². The fraction of sp³-hybridized carbons (Fsp3) is 0.361. The van der Waals surface area contributed by atoms with Gasteiger partial charge in [-0.1, -0.05) is 12.1 Å². The highest BCUT2D eigenvalue weighted by atomic mass is 16.5. The lowest BCUT2D eigenvalue weighted by molar-refractivity contribution is -0.151. The van der Waals surface area contributed by atoms with E-state index in [9.17, 15) is 71.2 Å². The van der Waals surface area contributed by atoms with Gasteiger partial charge in [0, 0.05) is 35.8 Å². The molecule has 0 aliphatic carbocycles. The first-order chi connectivity index (χ1) is 26.0. The Morgan fingerprint density at radius 1 is 0.691 bits per heavy atom. The topological polar surface area (TPSA) is 337 Å². The third-order valence-corrected chi connectivity index (χ3v) is 8.29. The molecule has 1 aliphatic heterocycles. The molecule has 55 heavy (non-hydrogen) atoms. The van der Waals surface area contributed by atoms with E-state index in [1.165, 1.54) is 30.3 Å². The van der Waals surface area contributed by atoms with Gasteiger partial charge in [0.25, 0.3) is 0 Å². The van der Waals surface area contributed by atoms with Gasteiger partial charge >= 0.3 is 5.97 Å². The van der Waals surface area contributed by atoms with E-state index in [0.29, 0.717) is 5.56 Å². The summed E-state index contributed by atoms with van der Waals surface area (Å²) < 4.78 is 22.2. The Balaban J connectivity index is 1.49. The molecular weight excluding hydrogens is 736 g/mol. The minimum atomic E-state index is -2.09. The van der Waals surface area contributed by atoms with Gasteiger partial charge in [-0.2, -0.15) is 0 Å². The van der Waals surface area contributed by atoms with Gasteiger partial charge in [-0.15, -0.1) is 0 Å². The van der Waals surface area contributed by atoms with Crippen LogP contribution in [0.2, 0.25) is 0 Å². The number of hydrogen-bond donors (Lipinski definition) is 14. The largest absolute Gasteiger partial charge is 0.508 e. The van der Waals surface area contributed by atoms with E-state index in [0.717, 1.165) is 30.3 Å². The monoisotopic (exact) mass is 778 g/mol. The summed E-state index contributed by atoms with van der Waals surface area (Å²) in [6.45, 7) is -3.24. The van der Waals surface area contributed by atoms with Crippen LogP contribution in [0.5, 0.6) is 40.2 Å². The van der Waals surface area contributed by atoms with Crippen LogP contribution in [-0.4, -0.2) is 153 Å². The van der Waals surface area contributed by atoms with Gasteiger partial charge in [-0.25, -0.2) is 4.79 Å². The fourth-order valence-corrected chi connectivity index (χ4v) is 5.12. The normalized spacial score (nSPS) is 17.3. The van der Waals surface area contributed by atoms with E-state index in [4.69, 9.17) is 24.1 Å². The molecule has 0 radical (unpaired) electrons. The van der Waals surface area contributed by atoms with Crippen LogP contribution >= 0.6 is 0 Å². The maximum absolute atomic E-state index is 12.1. The first-order valence-electron chi connectivity index (χ1n) is 16.5. The number of rotatable bonds is 18. The van der Waals surface area contributed by atoms with Gasteiger partial charge in [-0.3, -0.25) is 0 Å². The molecule has 0 saturated carbocycles. The molecule has 8 atom stereocenters. The lowest BCUT2D eigenvalue weighted by atomic mass is 10.0. The number of phenolic OH excluding ortho intramolecular Hbond substituents is 5. The minimum Gasteiger partial charge on any atom is -0.508 e. The SMILES string of the molecule is O=C(C=Cc1ccc(O)cc1)OC[C@@H](O)[C@@H](O)[C@H](O)[C@@H](O)COC1=C(c2cc(O)c(O)c(O)c2)Oc2cc(O)cc(OC[C@H](O)[C@@H](O)[C@H](O)[C@H](O)CO)c2C1. The number of carbonyl (C=O) groups is 1. The van der Waals surface area contributed by atoms with Gasteiger partial charge in [0.1, 0.15) is 97.4 Å². The molecule has 19 heteroatoms. The smallest absolute Gasteiger partial charge is 0.330 e. The van der Waals surface area contributed by atoms with Gasteiger partial charge in [0.15, 0.2) is 23.0 Å². The summed E-state index contributed by atoms with van der Waals surface area (Å²) in [4.78, 5) is 12.1. The molecule has 0 spiro atoms. The second-order valence-electron chi connectivity index (χ2n) is 12.4. The Kier molecular flexibility index (Phi) is 14.5. The summed E-state index contributed by atoms with van der Waals surface area (Å²) in [6.07, 6.45) is -13.5. The Hall–Kier alpha value is -5.35. The summed E-state index contributed by atoms with van der Waals surface area (Å²) in [6, 6.07) is 10.0. The zero-order valence-corrected chi connectivity index (χ0v) is 28.7. The first kappa shape index (κ1) is 42.4. The zero-order valence-electron chi connectivity index (χ0n) is 28.7. The number of hydrogen-bond acceptors (Lipinski definition) is 19. The van der Waals surface area contributed by atoms with Gasteiger partial charge < -0.3 is 90.4 Å². The average molecular weight is 779 g/mol. The van der Waals surface area contributed by atoms with E-state index in [2.05, 4.69) is 0 Å². The number of esters is 1. The maximum Gasteiger partial charge on any atom is 0.330 e. The number of ether oxygens (including phenoxy) is 4. The minimum absolute atomic E-state index is 0.0168. The molecule has 1 aliphatic rings. The predicted octanol–water partition coefficient (Wildman–Crippen LogP) is -1.95. The van der Waals surface area contributed by atoms with Crippen LogP contribution in [0.1, 0.15) is 16.7 Å². The molecule has 0 saturated heterocycles. The van der Waals surface area contributed by atoms with Gasteiger partial charge in [-0.05, 0) is 35.9 Å². The van der Waals surface area contributed by atoms with Crippen molar-refractivity contribution in [1.29, 1.82) is 0 Å².